The third kappa shape index (κ3) is 6.79. The Bertz CT molecular complexity index is 454. The van der Waals surface area contributed by atoms with Gasteiger partial charge >= 0.3 is 0 Å². The molecular formula is C16H26N4O. The average molecular weight is 290 g/mol. The van der Waals surface area contributed by atoms with Crippen molar-refractivity contribution < 1.29 is 4.79 Å². The van der Waals surface area contributed by atoms with E-state index in [1.165, 1.54) is 0 Å². The number of hydrogen-bond donors (Lipinski definition) is 3. The summed E-state index contributed by atoms with van der Waals surface area (Å²) in [6.07, 6.45) is 2.48. The van der Waals surface area contributed by atoms with Crippen LogP contribution < -0.4 is 16.0 Å². The number of guanidine groups is 1. The van der Waals surface area contributed by atoms with Gasteiger partial charge in [0.15, 0.2) is 5.96 Å². The molecule has 0 aliphatic carbocycles. The molecule has 0 radical (unpaired) electrons. The summed E-state index contributed by atoms with van der Waals surface area (Å²) in [4.78, 5) is 15.7. The van der Waals surface area contributed by atoms with Crippen LogP contribution in [0.25, 0.3) is 0 Å². The Labute approximate surface area is 127 Å². The zero-order valence-corrected chi connectivity index (χ0v) is 13.2. The summed E-state index contributed by atoms with van der Waals surface area (Å²) in [5, 5.41) is 9.35. The minimum atomic E-state index is 0.0625. The van der Waals surface area contributed by atoms with Crippen LogP contribution >= 0.6 is 0 Å². The predicted octanol–water partition coefficient (Wildman–Crippen LogP) is 2.50. The lowest BCUT2D eigenvalue weighted by atomic mass is 10.2. The highest BCUT2D eigenvalue weighted by Crippen LogP contribution is 2.10. The Morgan fingerprint density at radius 3 is 2.38 bits per heavy atom. The molecule has 1 aromatic rings. The first kappa shape index (κ1) is 17.0. The number of aliphatic imine (C=N–C) groups is 1. The molecule has 0 spiro atoms. The van der Waals surface area contributed by atoms with Crippen LogP contribution in [0.1, 0.15) is 38.7 Å². The molecule has 21 heavy (non-hydrogen) atoms. The van der Waals surface area contributed by atoms with Crippen molar-refractivity contribution in [1.29, 1.82) is 0 Å². The molecule has 0 saturated heterocycles. The highest BCUT2D eigenvalue weighted by molar-refractivity contribution is 5.90. The van der Waals surface area contributed by atoms with E-state index in [9.17, 15) is 4.79 Å². The van der Waals surface area contributed by atoms with Crippen molar-refractivity contribution in [2.75, 3.05) is 18.9 Å². The minimum absolute atomic E-state index is 0.0625. The summed E-state index contributed by atoms with van der Waals surface area (Å²) >= 11 is 0. The molecule has 0 fully saturated rings. The Kier molecular flexibility index (Phi) is 7.94. The summed E-state index contributed by atoms with van der Waals surface area (Å²) in [5.74, 6) is 0.865. The van der Waals surface area contributed by atoms with Gasteiger partial charge in [-0.15, -0.1) is 0 Å². The third-order valence-electron chi connectivity index (χ3n) is 2.94. The predicted molar refractivity (Wildman–Crippen MR) is 88.5 cm³/mol. The summed E-state index contributed by atoms with van der Waals surface area (Å²) < 4.78 is 0. The Balaban J connectivity index is 2.45. The van der Waals surface area contributed by atoms with Gasteiger partial charge in [-0.2, -0.15) is 0 Å². The van der Waals surface area contributed by atoms with Crippen LogP contribution in [-0.2, 0) is 11.3 Å². The Hall–Kier alpha value is -2.04. The number of benzene rings is 1. The number of rotatable bonds is 7. The van der Waals surface area contributed by atoms with Crippen molar-refractivity contribution in [2.24, 2.45) is 4.99 Å². The Morgan fingerprint density at radius 2 is 1.81 bits per heavy atom. The molecule has 0 unspecified atom stereocenters. The molecule has 3 N–H and O–H groups in total. The normalized spacial score (nSPS) is 11.1. The van der Waals surface area contributed by atoms with Gasteiger partial charge in [0.2, 0.25) is 5.91 Å². The van der Waals surface area contributed by atoms with Crippen molar-refractivity contribution in [3.05, 3.63) is 29.8 Å². The van der Waals surface area contributed by atoms with Gasteiger partial charge in [-0.05, 0) is 30.5 Å². The average Bonchev–Trinajstić information content (AvgIpc) is 2.49. The van der Waals surface area contributed by atoms with Crippen LogP contribution in [-0.4, -0.2) is 25.5 Å². The van der Waals surface area contributed by atoms with Crippen LogP contribution in [0.15, 0.2) is 29.3 Å². The van der Waals surface area contributed by atoms with Gasteiger partial charge in [0.25, 0.3) is 0 Å². The maximum Gasteiger partial charge on any atom is 0.224 e. The van der Waals surface area contributed by atoms with E-state index in [4.69, 9.17) is 0 Å². The van der Waals surface area contributed by atoms with E-state index < -0.39 is 0 Å². The molecular weight excluding hydrogens is 264 g/mol. The zero-order valence-electron chi connectivity index (χ0n) is 13.2. The molecule has 0 saturated carbocycles. The van der Waals surface area contributed by atoms with Crippen molar-refractivity contribution in [1.82, 2.24) is 10.6 Å². The summed E-state index contributed by atoms with van der Waals surface area (Å²) in [5.41, 5.74) is 1.98. The molecule has 5 nitrogen and oxygen atoms in total. The maximum absolute atomic E-state index is 11.5. The molecule has 0 aliphatic heterocycles. The quantitative estimate of drug-likeness (QED) is 0.534. The third-order valence-corrected chi connectivity index (χ3v) is 2.94. The molecule has 1 aromatic carbocycles. The van der Waals surface area contributed by atoms with Crippen LogP contribution in [0, 0.1) is 0 Å². The first-order chi connectivity index (χ1) is 10.2. The first-order valence-corrected chi connectivity index (χ1v) is 7.52. The fourth-order valence-electron chi connectivity index (χ4n) is 1.81. The number of hydrogen-bond acceptors (Lipinski definition) is 2. The van der Waals surface area contributed by atoms with E-state index in [0.29, 0.717) is 13.0 Å². The van der Waals surface area contributed by atoms with Crippen molar-refractivity contribution >= 4 is 17.6 Å². The molecule has 1 rings (SSSR count). The number of carbonyl (C=O) groups excluding carboxylic acids is 1. The fraction of sp³-hybridized carbons (Fsp3) is 0.500. The van der Waals surface area contributed by atoms with E-state index in [1.807, 2.05) is 31.2 Å². The smallest absolute Gasteiger partial charge is 0.224 e. The number of anilines is 1. The van der Waals surface area contributed by atoms with Gasteiger partial charge in [-0.1, -0.05) is 26.0 Å². The first-order valence-electron chi connectivity index (χ1n) is 7.52. The lowest BCUT2D eigenvalue weighted by molar-refractivity contribution is -0.116. The topological polar surface area (TPSA) is 65.5 Å². The Morgan fingerprint density at radius 1 is 1.10 bits per heavy atom. The SMILES string of the molecule is CCCNC(=NC)NCc1ccc(NC(=O)CCC)cc1. The fourth-order valence-corrected chi connectivity index (χ4v) is 1.81. The van der Waals surface area contributed by atoms with Gasteiger partial charge in [0.1, 0.15) is 0 Å². The standard InChI is InChI=1S/C16H26N4O/c1-4-6-15(21)20-14-9-7-13(8-10-14)12-19-16(17-3)18-11-5-2/h7-10H,4-6,11-12H2,1-3H3,(H,20,21)(H2,17,18,19). The molecule has 0 atom stereocenters. The number of nitrogens with zero attached hydrogens (tertiary/aromatic N) is 1. The highest BCUT2D eigenvalue weighted by Gasteiger charge is 2.01. The van der Waals surface area contributed by atoms with Crippen molar-refractivity contribution in [3.8, 4) is 0 Å². The monoisotopic (exact) mass is 290 g/mol. The lowest BCUT2D eigenvalue weighted by Crippen LogP contribution is -2.37. The molecule has 5 heteroatoms. The zero-order chi connectivity index (χ0) is 15.5. The van der Waals surface area contributed by atoms with Gasteiger partial charge in [0, 0.05) is 32.2 Å². The van der Waals surface area contributed by atoms with E-state index in [1.54, 1.807) is 7.05 Å². The van der Waals surface area contributed by atoms with Gasteiger partial charge < -0.3 is 16.0 Å². The second-order valence-electron chi connectivity index (χ2n) is 4.85. The lowest BCUT2D eigenvalue weighted by Gasteiger charge is -2.11. The van der Waals surface area contributed by atoms with Crippen LogP contribution in [0.3, 0.4) is 0 Å². The van der Waals surface area contributed by atoms with Crippen molar-refractivity contribution in [2.45, 2.75) is 39.7 Å². The maximum atomic E-state index is 11.5. The summed E-state index contributed by atoms with van der Waals surface area (Å²) in [7, 11) is 1.76. The van der Waals surface area contributed by atoms with Crippen LogP contribution in [0.5, 0.6) is 0 Å². The van der Waals surface area contributed by atoms with E-state index in [2.05, 4.69) is 27.9 Å². The second kappa shape index (κ2) is 9.80. The van der Waals surface area contributed by atoms with E-state index in [-0.39, 0.29) is 5.91 Å². The molecule has 0 aliphatic rings. The van der Waals surface area contributed by atoms with Crippen LogP contribution in [0.4, 0.5) is 5.69 Å². The molecule has 1 amide bonds. The molecule has 0 bridgehead atoms. The van der Waals surface area contributed by atoms with Crippen molar-refractivity contribution in [3.63, 3.8) is 0 Å². The molecule has 0 aromatic heterocycles. The largest absolute Gasteiger partial charge is 0.356 e. The molecule has 0 heterocycles. The van der Waals surface area contributed by atoms with Gasteiger partial charge in [-0.25, -0.2) is 0 Å². The highest BCUT2D eigenvalue weighted by atomic mass is 16.1. The van der Waals surface area contributed by atoms with E-state index >= 15 is 0 Å². The summed E-state index contributed by atoms with van der Waals surface area (Å²) in [6.45, 7) is 5.72. The summed E-state index contributed by atoms with van der Waals surface area (Å²) in [6, 6.07) is 7.85. The minimum Gasteiger partial charge on any atom is -0.356 e. The second-order valence-corrected chi connectivity index (χ2v) is 4.85. The van der Waals surface area contributed by atoms with Crippen LogP contribution in [0.2, 0.25) is 0 Å². The van der Waals surface area contributed by atoms with Gasteiger partial charge in [0.05, 0.1) is 0 Å². The van der Waals surface area contributed by atoms with Gasteiger partial charge in [-0.3, -0.25) is 9.79 Å². The number of nitrogens with one attached hydrogen (secondary N) is 3. The van der Waals surface area contributed by atoms with E-state index in [0.717, 1.165) is 36.6 Å². The number of carbonyl (C=O) groups is 1. The molecule has 116 valence electrons. The number of amides is 1.